The Morgan fingerprint density at radius 3 is 2.71 bits per heavy atom. The number of aliphatic imine (C=N–C) groups is 2. The molecule has 5 nitrogen and oxygen atoms in total. The van der Waals surface area contributed by atoms with Crippen molar-refractivity contribution in [3.05, 3.63) is 0 Å². The van der Waals surface area contributed by atoms with Crippen molar-refractivity contribution in [3.63, 3.8) is 0 Å². The van der Waals surface area contributed by atoms with E-state index >= 15 is 0 Å². The second-order valence-electron chi connectivity index (χ2n) is 3.45. The van der Waals surface area contributed by atoms with Crippen molar-refractivity contribution < 1.29 is 14.7 Å². The van der Waals surface area contributed by atoms with Gasteiger partial charge in [0, 0.05) is 12.1 Å². The maximum Gasteiger partial charge on any atom is 0.304 e. The third kappa shape index (κ3) is 2.48. The van der Waals surface area contributed by atoms with Gasteiger partial charge in [0.15, 0.2) is 0 Å². The number of carboxylic acids is 1. The molecule has 0 aromatic carbocycles. The fourth-order valence-corrected chi connectivity index (χ4v) is 1.06. The third-order valence-electron chi connectivity index (χ3n) is 1.84. The molecular weight excluding hydrogens is 184 g/mol. The number of amidine groups is 1. The molecule has 76 valence electrons. The maximum absolute atomic E-state index is 11.3. The summed E-state index contributed by atoms with van der Waals surface area (Å²) in [5.74, 6) is -1.57. The summed E-state index contributed by atoms with van der Waals surface area (Å²) in [4.78, 5) is 29.4. The Balaban J connectivity index is 2.71. The largest absolute Gasteiger partial charge is 0.481 e. The first-order valence-electron chi connectivity index (χ1n) is 4.39. The molecule has 0 saturated carbocycles. The van der Waals surface area contributed by atoms with Crippen molar-refractivity contribution in [3.8, 4) is 0 Å². The van der Waals surface area contributed by atoms with Gasteiger partial charge >= 0.3 is 5.97 Å². The van der Waals surface area contributed by atoms with Gasteiger partial charge in [-0.3, -0.25) is 9.59 Å². The van der Waals surface area contributed by atoms with Crippen LogP contribution in [0.3, 0.4) is 0 Å². The lowest BCUT2D eigenvalue weighted by molar-refractivity contribution is -0.139. The van der Waals surface area contributed by atoms with Gasteiger partial charge in [-0.1, -0.05) is 13.8 Å². The summed E-state index contributed by atoms with van der Waals surface area (Å²) in [6, 6.07) is 0. The summed E-state index contributed by atoms with van der Waals surface area (Å²) < 4.78 is 0. The SMILES string of the molecule is CC(C)C1=NC(=O)C(CC(=O)O)C=N1. The van der Waals surface area contributed by atoms with Crippen LogP contribution in [0.2, 0.25) is 0 Å². The molecule has 5 heteroatoms. The first-order chi connectivity index (χ1) is 6.50. The number of nitrogens with zero attached hydrogens (tertiary/aromatic N) is 2. The van der Waals surface area contributed by atoms with Gasteiger partial charge in [0.2, 0.25) is 0 Å². The van der Waals surface area contributed by atoms with E-state index in [1.165, 1.54) is 6.21 Å². The van der Waals surface area contributed by atoms with E-state index in [0.717, 1.165) is 0 Å². The van der Waals surface area contributed by atoms with E-state index in [9.17, 15) is 9.59 Å². The van der Waals surface area contributed by atoms with Gasteiger partial charge in [0.1, 0.15) is 5.84 Å². The molecule has 0 spiro atoms. The second-order valence-corrected chi connectivity index (χ2v) is 3.45. The number of hydrogen-bond acceptors (Lipinski definition) is 3. The van der Waals surface area contributed by atoms with Crippen molar-refractivity contribution in [1.82, 2.24) is 0 Å². The van der Waals surface area contributed by atoms with Crippen LogP contribution < -0.4 is 0 Å². The Bertz CT molecular complexity index is 318. The number of rotatable bonds is 3. The molecule has 1 aliphatic heterocycles. The van der Waals surface area contributed by atoms with Crippen LogP contribution in [0.15, 0.2) is 9.98 Å². The van der Waals surface area contributed by atoms with Crippen LogP contribution in [0.5, 0.6) is 0 Å². The van der Waals surface area contributed by atoms with Crippen LogP contribution in [-0.4, -0.2) is 29.0 Å². The molecule has 1 heterocycles. The van der Waals surface area contributed by atoms with Gasteiger partial charge in [0.25, 0.3) is 5.91 Å². The van der Waals surface area contributed by atoms with Gasteiger partial charge in [-0.15, -0.1) is 0 Å². The van der Waals surface area contributed by atoms with Crippen molar-refractivity contribution in [2.45, 2.75) is 20.3 Å². The molecule has 1 aliphatic rings. The Kier molecular flexibility index (Phi) is 3.11. The topological polar surface area (TPSA) is 79.1 Å². The van der Waals surface area contributed by atoms with Crippen molar-refractivity contribution in [2.75, 3.05) is 0 Å². The van der Waals surface area contributed by atoms with Gasteiger partial charge in [-0.05, 0) is 0 Å². The molecule has 1 N–H and O–H groups in total. The molecule has 14 heavy (non-hydrogen) atoms. The molecule has 0 aromatic heterocycles. The van der Waals surface area contributed by atoms with E-state index in [-0.39, 0.29) is 12.3 Å². The highest BCUT2D eigenvalue weighted by Gasteiger charge is 2.23. The Labute approximate surface area is 81.6 Å². The van der Waals surface area contributed by atoms with Crippen molar-refractivity contribution in [1.29, 1.82) is 0 Å². The highest BCUT2D eigenvalue weighted by Crippen LogP contribution is 2.11. The smallest absolute Gasteiger partial charge is 0.304 e. The molecule has 1 unspecified atom stereocenters. The first kappa shape index (κ1) is 10.6. The van der Waals surface area contributed by atoms with Crippen LogP contribution in [-0.2, 0) is 9.59 Å². The summed E-state index contributed by atoms with van der Waals surface area (Å²) in [6.45, 7) is 3.75. The normalized spacial score (nSPS) is 21.2. The lowest BCUT2D eigenvalue weighted by atomic mass is 10.0. The third-order valence-corrected chi connectivity index (χ3v) is 1.84. The van der Waals surface area contributed by atoms with E-state index in [0.29, 0.717) is 5.84 Å². The highest BCUT2D eigenvalue weighted by atomic mass is 16.4. The minimum absolute atomic E-state index is 0.0842. The predicted molar refractivity (Wildman–Crippen MR) is 51.5 cm³/mol. The molecule has 0 saturated heterocycles. The monoisotopic (exact) mass is 196 g/mol. The van der Waals surface area contributed by atoms with Gasteiger partial charge in [-0.2, -0.15) is 4.99 Å². The van der Waals surface area contributed by atoms with Gasteiger partial charge in [0.05, 0.1) is 12.3 Å². The summed E-state index contributed by atoms with van der Waals surface area (Å²) in [5.41, 5.74) is 0. The fourth-order valence-electron chi connectivity index (χ4n) is 1.06. The van der Waals surface area contributed by atoms with E-state index in [1.54, 1.807) is 0 Å². The standard InChI is InChI=1S/C9H12N2O3/c1-5(2)8-10-4-6(3-7(12)13)9(14)11-8/h4-6H,3H2,1-2H3,(H,12,13). The molecule has 1 atom stereocenters. The fraction of sp³-hybridized carbons (Fsp3) is 0.556. The molecule has 1 rings (SSSR count). The molecule has 0 bridgehead atoms. The Morgan fingerprint density at radius 1 is 1.64 bits per heavy atom. The molecule has 0 aromatic rings. The van der Waals surface area contributed by atoms with Crippen LogP contribution in [0.4, 0.5) is 0 Å². The maximum atomic E-state index is 11.3. The van der Waals surface area contributed by atoms with Gasteiger partial charge < -0.3 is 5.11 Å². The number of hydrogen-bond donors (Lipinski definition) is 1. The van der Waals surface area contributed by atoms with E-state index < -0.39 is 17.8 Å². The van der Waals surface area contributed by atoms with E-state index in [1.807, 2.05) is 13.8 Å². The molecule has 1 amide bonds. The highest BCUT2D eigenvalue weighted by molar-refractivity contribution is 6.10. The zero-order valence-corrected chi connectivity index (χ0v) is 8.10. The summed E-state index contributed by atoms with van der Waals surface area (Å²) in [5, 5.41) is 8.50. The quantitative estimate of drug-likeness (QED) is 0.723. The second kappa shape index (κ2) is 4.13. The Hall–Kier alpha value is -1.52. The summed E-state index contributed by atoms with van der Waals surface area (Å²) >= 11 is 0. The number of carboxylic acid groups (broad SMARTS) is 1. The van der Waals surface area contributed by atoms with Crippen LogP contribution >= 0.6 is 0 Å². The minimum atomic E-state index is -1.02. The number of aliphatic carboxylic acids is 1. The lowest BCUT2D eigenvalue weighted by Gasteiger charge is -2.12. The molecular formula is C9H12N2O3. The van der Waals surface area contributed by atoms with E-state index in [4.69, 9.17) is 5.11 Å². The van der Waals surface area contributed by atoms with Gasteiger partial charge in [-0.25, -0.2) is 4.99 Å². The number of carbonyl (C=O) groups is 2. The zero-order chi connectivity index (χ0) is 10.7. The average molecular weight is 196 g/mol. The van der Waals surface area contributed by atoms with Crippen LogP contribution in [0, 0.1) is 11.8 Å². The Morgan fingerprint density at radius 2 is 2.29 bits per heavy atom. The number of amides is 1. The summed E-state index contributed by atoms with van der Waals surface area (Å²) in [7, 11) is 0. The summed E-state index contributed by atoms with van der Waals surface area (Å²) in [6.07, 6.45) is 1.13. The first-order valence-corrected chi connectivity index (χ1v) is 4.39. The zero-order valence-electron chi connectivity index (χ0n) is 8.10. The minimum Gasteiger partial charge on any atom is -0.481 e. The molecule has 0 fully saturated rings. The van der Waals surface area contributed by atoms with Crippen molar-refractivity contribution in [2.24, 2.45) is 21.8 Å². The van der Waals surface area contributed by atoms with E-state index in [2.05, 4.69) is 9.98 Å². The van der Waals surface area contributed by atoms with Crippen LogP contribution in [0.1, 0.15) is 20.3 Å². The van der Waals surface area contributed by atoms with Crippen molar-refractivity contribution >= 4 is 23.9 Å². The molecule has 0 aliphatic carbocycles. The average Bonchev–Trinajstić information content (AvgIpc) is 2.07. The molecule has 0 radical (unpaired) electrons. The number of carbonyl (C=O) groups excluding carboxylic acids is 1. The van der Waals surface area contributed by atoms with Crippen LogP contribution in [0.25, 0.3) is 0 Å². The predicted octanol–water partition coefficient (Wildman–Crippen LogP) is 0.743. The lowest BCUT2D eigenvalue weighted by Crippen LogP contribution is -2.24.